The quantitative estimate of drug-likeness (QED) is 0.521. The molecule has 126 valence electrons. The largest absolute Gasteiger partial charge is 0.334 e. The maximum Gasteiger partial charge on any atom is 0.325 e. The summed E-state index contributed by atoms with van der Waals surface area (Å²) in [5, 5.41) is 7.20. The van der Waals surface area contributed by atoms with Crippen molar-refractivity contribution in [3.8, 4) is 0 Å². The van der Waals surface area contributed by atoms with E-state index in [0.29, 0.717) is 12.8 Å². The fourth-order valence-corrected chi connectivity index (χ4v) is 3.01. The van der Waals surface area contributed by atoms with E-state index < -0.39 is 30.1 Å². The van der Waals surface area contributed by atoms with Gasteiger partial charge in [-0.15, -0.1) is 6.58 Å². The van der Waals surface area contributed by atoms with Gasteiger partial charge in [0.1, 0.15) is 12.1 Å². The van der Waals surface area contributed by atoms with Gasteiger partial charge >= 0.3 is 12.1 Å². The van der Waals surface area contributed by atoms with Crippen molar-refractivity contribution in [1.82, 2.24) is 20.9 Å². The summed E-state index contributed by atoms with van der Waals surface area (Å²) < 4.78 is 0. The van der Waals surface area contributed by atoms with Crippen molar-refractivity contribution in [2.45, 2.75) is 44.1 Å². The zero-order chi connectivity index (χ0) is 16.9. The van der Waals surface area contributed by atoms with Crippen molar-refractivity contribution >= 4 is 23.9 Å². The molecule has 8 nitrogen and oxygen atoms in total. The number of carbonyl (C=O) groups excluding carboxylic acids is 4. The van der Waals surface area contributed by atoms with Gasteiger partial charge in [-0.25, -0.2) is 9.59 Å². The molecule has 0 unspecified atom stereocenters. The third-order valence-corrected chi connectivity index (χ3v) is 4.16. The molecule has 0 radical (unpaired) electrons. The number of amides is 6. The zero-order valence-electron chi connectivity index (χ0n) is 13.0. The van der Waals surface area contributed by atoms with Gasteiger partial charge in [-0.05, 0) is 12.8 Å². The first-order valence-corrected chi connectivity index (χ1v) is 7.81. The molecule has 1 aliphatic heterocycles. The minimum Gasteiger partial charge on any atom is -0.334 e. The van der Waals surface area contributed by atoms with Gasteiger partial charge in [0.15, 0.2) is 0 Å². The summed E-state index contributed by atoms with van der Waals surface area (Å²) >= 11 is 0. The number of nitrogens with zero attached hydrogens (tertiary/aromatic N) is 1. The number of hydrogen-bond donors (Lipinski definition) is 3. The fourth-order valence-electron chi connectivity index (χ4n) is 3.01. The Morgan fingerprint density at radius 2 is 1.87 bits per heavy atom. The van der Waals surface area contributed by atoms with Crippen LogP contribution in [-0.2, 0) is 9.59 Å². The van der Waals surface area contributed by atoms with Crippen molar-refractivity contribution in [3.63, 3.8) is 0 Å². The Morgan fingerprint density at radius 3 is 2.48 bits per heavy atom. The molecule has 1 saturated carbocycles. The molecule has 1 spiro atoms. The number of hydrogen-bond acceptors (Lipinski definition) is 4. The van der Waals surface area contributed by atoms with Gasteiger partial charge < -0.3 is 10.6 Å². The second kappa shape index (κ2) is 7.26. The van der Waals surface area contributed by atoms with Crippen molar-refractivity contribution in [1.29, 1.82) is 0 Å². The van der Waals surface area contributed by atoms with E-state index in [4.69, 9.17) is 0 Å². The molecule has 6 amide bonds. The van der Waals surface area contributed by atoms with E-state index in [9.17, 15) is 19.2 Å². The van der Waals surface area contributed by atoms with Crippen LogP contribution < -0.4 is 16.0 Å². The fraction of sp³-hybridized carbons (Fsp3) is 0.600. The highest BCUT2D eigenvalue weighted by Crippen LogP contribution is 2.32. The molecular formula is C15H22N4O4. The summed E-state index contributed by atoms with van der Waals surface area (Å²) in [6.45, 7) is 3.19. The van der Waals surface area contributed by atoms with Gasteiger partial charge in [0.05, 0.1) is 0 Å². The Balaban J connectivity index is 1.96. The van der Waals surface area contributed by atoms with Crippen molar-refractivity contribution in [2.75, 3.05) is 13.1 Å². The van der Waals surface area contributed by atoms with Crippen LogP contribution in [-0.4, -0.2) is 47.4 Å². The summed E-state index contributed by atoms with van der Waals surface area (Å²) in [7, 11) is 0. The standard InChI is InChI=1S/C15H22N4O4/c1-2-9-16-13(22)17-11(20)10-19-12(21)15(18-14(19)23)7-5-3-4-6-8-15/h2H,1,3-10H2,(H,18,23)(H2,16,17,20,22). The molecule has 23 heavy (non-hydrogen) atoms. The van der Waals surface area contributed by atoms with Crippen LogP contribution in [0.15, 0.2) is 12.7 Å². The maximum absolute atomic E-state index is 12.6. The minimum atomic E-state index is -0.876. The van der Waals surface area contributed by atoms with E-state index >= 15 is 0 Å². The Bertz CT molecular complexity index is 524. The lowest BCUT2D eigenvalue weighted by Crippen LogP contribution is -2.48. The average molecular weight is 322 g/mol. The first-order valence-electron chi connectivity index (χ1n) is 7.81. The minimum absolute atomic E-state index is 0.214. The number of imide groups is 2. The van der Waals surface area contributed by atoms with E-state index in [-0.39, 0.29) is 12.5 Å². The highest BCUT2D eigenvalue weighted by molar-refractivity contribution is 6.10. The predicted octanol–water partition coefficient (Wildman–Crippen LogP) is 0.643. The molecule has 3 N–H and O–H groups in total. The van der Waals surface area contributed by atoms with Crippen LogP contribution in [0.1, 0.15) is 38.5 Å². The molecule has 0 aromatic rings. The third-order valence-electron chi connectivity index (χ3n) is 4.16. The number of urea groups is 2. The lowest BCUT2D eigenvalue weighted by molar-refractivity contribution is -0.135. The average Bonchev–Trinajstić information content (AvgIpc) is 2.69. The highest BCUT2D eigenvalue weighted by Gasteiger charge is 2.51. The van der Waals surface area contributed by atoms with Crippen molar-refractivity contribution < 1.29 is 19.2 Å². The summed E-state index contributed by atoms with van der Waals surface area (Å²) in [6, 6.07) is -1.26. The lowest BCUT2D eigenvalue weighted by atomic mass is 9.90. The van der Waals surface area contributed by atoms with Crippen LogP contribution in [0.3, 0.4) is 0 Å². The first kappa shape index (κ1) is 17.0. The molecule has 2 fully saturated rings. The topological polar surface area (TPSA) is 108 Å². The van der Waals surface area contributed by atoms with Gasteiger partial charge in [-0.2, -0.15) is 0 Å². The van der Waals surface area contributed by atoms with E-state index in [0.717, 1.165) is 30.6 Å². The van der Waals surface area contributed by atoms with E-state index in [1.54, 1.807) is 0 Å². The smallest absolute Gasteiger partial charge is 0.325 e. The van der Waals surface area contributed by atoms with Gasteiger partial charge in [-0.1, -0.05) is 31.8 Å². The predicted molar refractivity (Wildman–Crippen MR) is 82.4 cm³/mol. The number of nitrogens with one attached hydrogen (secondary N) is 3. The Hall–Kier alpha value is -2.38. The SMILES string of the molecule is C=CCNC(=O)NC(=O)CN1C(=O)NC2(CCCCCC2)C1=O. The molecule has 8 heteroatoms. The monoisotopic (exact) mass is 322 g/mol. The van der Waals surface area contributed by atoms with Crippen LogP contribution >= 0.6 is 0 Å². The van der Waals surface area contributed by atoms with Gasteiger partial charge in [0.2, 0.25) is 5.91 Å². The zero-order valence-corrected chi connectivity index (χ0v) is 13.0. The van der Waals surface area contributed by atoms with Gasteiger partial charge in [0, 0.05) is 6.54 Å². The number of rotatable bonds is 4. The van der Waals surface area contributed by atoms with Gasteiger partial charge in [-0.3, -0.25) is 19.8 Å². The molecular weight excluding hydrogens is 300 g/mol. The Morgan fingerprint density at radius 1 is 1.22 bits per heavy atom. The van der Waals surface area contributed by atoms with E-state index in [1.165, 1.54) is 6.08 Å². The second-order valence-electron chi connectivity index (χ2n) is 5.86. The molecule has 1 heterocycles. The molecule has 2 rings (SSSR count). The van der Waals surface area contributed by atoms with Crippen LogP contribution in [0.25, 0.3) is 0 Å². The highest BCUT2D eigenvalue weighted by atomic mass is 16.2. The summed E-state index contributed by atoms with van der Waals surface area (Å²) in [5.41, 5.74) is -0.876. The van der Waals surface area contributed by atoms with Crippen molar-refractivity contribution in [2.24, 2.45) is 0 Å². The van der Waals surface area contributed by atoms with Gasteiger partial charge in [0.25, 0.3) is 5.91 Å². The summed E-state index contributed by atoms with van der Waals surface area (Å²) in [6.07, 6.45) is 6.47. The van der Waals surface area contributed by atoms with Crippen LogP contribution in [0.4, 0.5) is 9.59 Å². The molecule has 0 atom stereocenters. The Labute approximate surface area is 134 Å². The molecule has 1 aliphatic carbocycles. The second-order valence-corrected chi connectivity index (χ2v) is 5.86. The summed E-state index contributed by atoms with van der Waals surface area (Å²) in [4.78, 5) is 48.8. The Kier molecular flexibility index (Phi) is 5.36. The lowest BCUT2D eigenvalue weighted by Gasteiger charge is -2.24. The van der Waals surface area contributed by atoms with E-state index in [2.05, 4.69) is 22.5 Å². The summed E-state index contributed by atoms with van der Waals surface area (Å²) in [5.74, 6) is -1.08. The molecule has 0 aromatic carbocycles. The maximum atomic E-state index is 12.6. The number of carbonyl (C=O) groups is 4. The third kappa shape index (κ3) is 3.88. The van der Waals surface area contributed by atoms with E-state index in [1.807, 2.05) is 0 Å². The van der Waals surface area contributed by atoms with Crippen molar-refractivity contribution in [3.05, 3.63) is 12.7 Å². The normalized spacial score (nSPS) is 19.9. The van der Waals surface area contributed by atoms with Crippen LogP contribution in [0, 0.1) is 0 Å². The molecule has 1 saturated heterocycles. The first-order chi connectivity index (χ1) is 11.0. The van der Waals surface area contributed by atoms with Crippen LogP contribution in [0.5, 0.6) is 0 Å². The van der Waals surface area contributed by atoms with Crippen LogP contribution in [0.2, 0.25) is 0 Å². The molecule has 0 aromatic heterocycles. The molecule has 2 aliphatic rings. The molecule has 0 bridgehead atoms.